The number of halogens is 2. The summed E-state index contributed by atoms with van der Waals surface area (Å²) in [4.78, 5) is 0. The summed E-state index contributed by atoms with van der Waals surface area (Å²) in [6, 6.07) is 3.16. The van der Waals surface area contributed by atoms with Gasteiger partial charge < -0.3 is 9.47 Å². The third-order valence-corrected chi connectivity index (χ3v) is 2.85. The molecule has 0 aliphatic heterocycles. The molecule has 0 fully saturated rings. The number of aryl methyl sites for hydroxylation is 1. The third kappa shape index (κ3) is 4.19. The Hall–Kier alpha value is -0.770. The summed E-state index contributed by atoms with van der Waals surface area (Å²) in [5.74, 6) is 0.882. The first kappa shape index (κ1) is 14.3. The number of ether oxygens (including phenoxy) is 2. The molecule has 17 heavy (non-hydrogen) atoms. The van der Waals surface area contributed by atoms with E-state index in [1.54, 1.807) is 6.07 Å². The average molecular weight is 305 g/mol. The van der Waals surface area contributed by atoms with Gasteiger partial charge in [0.15, 0.2) is 11.5 Å². The van der Waals surface area contributed by atoms with Crippen LogP contribution in [0.1, 0.15) is 25.8 Å². The van der Waals surface area contributed by atoms with Crippen LogP contribution in [0.5, 0.6) is 11.5 Å². The Bertz CT molecular complexity index is 356. The van der Waals surface area contributed by atoms with E-state index in [9.17, 15) is 4.39 Å². The maximum atomic E-state index is 13.8. The van der Waals surface area contributed by atoms with Gasteiger partial charge in [0, 0.05) is 11.4 Å². The molecule has 0 aliphatic carbocycles. The van der Waals surface area contributed by atoms with Gasteiger partial charge in [0.05, 0.1) is 13.2 Å². The number of hydrogen-bond donors (Lipinski definition) is 0. The first-order valence-electron chi connectivity index (χ1n) is 5.86. The molecule has 0 saturated heterocycles. The second kappa shape index (κ2) is 7.54. The van der Waals surface area contributed by atoms with Crippen LogP contribution in [-0.4, -0.2) is 18.5 Å². The van der Waals surface area contributed by atoms with Crippen LogP contribution in [0.25, 0.3) is 0 Å². The van der Waals surface area contributed by atoms with Gasteiger partial charge in [-0.25, -0.2) is 4.39 Å². The Morgan fingerprint density at radius 1 is 1.12 bits per heavy atom. The fourth-order valence-electron chi connectivity index (χ4n) is 1.56. The summed E-state index contributed by atoms with van der Waals surface area (Å²) in [5.41, 5.74) is 0.677. The molecule has 0 spiro atoms. The first-order chi connectivity index (χ1) is 8.22. The molecule has 4 heteroatoms. The van der Waals surface area contributed by atoms with Crippen molar-refractivity contribution in [3.63, 3.8) is 0 Å². The molecule has 0 saturated carbocycles. The number of benzene rings is 1. The molecule has 96 valence electrons. The van der Waals surface area contributed by atoms with Crippen molar-refractivity contribution in [3.05, 3.63) is 23.5 Å². The van der Waals surface area contributed by atoms with E-state index in [1.807, 2.05) is 13.8 Å². The lowest BCUT2D eigenvalue weighted by molar-refractivity contribution is 0.285. The summed E-state index contributed by atoms with van der Waals surface area (Å²) in [7, 11) is 0. The minimum atomic E-state index is -0.224. The van der Waals surface area contributed by atoms with Gasteiger partial charge >= 0.3 is 0 Å². The normalized spacial score (nSPS) is 10.4. The van der Waals surface area contributed by atoms with E-state index in [0.717, 1.165) is 11.8 Å². The molecule has 2 nitrogen and oxygen atoms in total. The number of hydrogen-bond acceptors (Lipinski definition) is 2. The molecule has 0 bridgehead atoms. The highest BCUT2D eigenvalue weighted by atomic mass is 79.9. The predicted octanol–water partition coefficient (Wildman–Crippen LogP) is 3.95. The highest BCUT2D eigenvalue weighted by Gasteiger charge is 2.11. The number of alkyl halides is 1. The van der Waals surface area contributed by atoms with Gasteiger partial charge in [0.1, 0.15) is 5.82 Å². The van der Waals surface area contributed by atoms with Crippen molar-refractivity contribution >= 4 is 15.9 Å². The van der Waals surface area contributed by atoms with Gasteiger partial charge in [-0.2, -0.15) is 0 Å². The summed E-state index contributed by atoms with van der Waals surface area (Å²) in [6.45, 7) is 4.81. The quantitative estimate of drug-likeness (QED) is 0.710. The SMILES string of the molecule is CCOc1cc(F)c(CCCBr)cc1OCC. The molecule has 0 radical (unpaired) electrons. The standard InChI is InChI=1S/C13H18BrFO2/c1-3-16-12-8-10(6-5-7-14)11(15)9-13(12)17-4-2/h8-9H,3-7H2,1-2H3. The second-order valence-electron chi connectivity index (χ2n) is 3.55. The van der Waals surface area contributed by atoms with Crippen LogP contribution >= 0.6 is 15.9 Å². The summed E-state index contributed by atoms with van der Waals surface area (Å²) < 4.78 is 24.6. The highest BCUT2D eigenvalue weighted by Crippen LogP contribution is 2.31. The molecule has 1 rings (SSSR count). The Kier molecular flexibility index (Phi) is 6.34. The molecule has 0 heterocycles. The molecule has 0 unspecified atom stereocenters. The van der Waals surface area contributed by atoms with Crippen molar-refractivity contribution in [3.8, 4) is 11.5 Å². The van der Waals surface area contributed by atoms with Crippen LogP contribution in [0.15, 0.2) is 12.1 Å². The van der Waals surface area contributed by atoms with Crippen LogP contribution in [0.3, 0.4) is 0 Å². The van der Waals surface area contributed by atoms with E-state index in [2.05, 4.69) is 15.9 Å². The smallest absolute Gasteiger partial charge is 0.164 e. The third-order valence-electron chi connectivity index (χ3n) is 2.29. The highest BCUT2D eigenvalue weighted by molar-refractivity contribution is 9.09. The van der Waals surface area contributed by atoms with Crippen molar-refractivity contribution in [1.82, 2.24) is 0 Å². The Morgan fingerprint density at radius 2 is 1.71 bits per heavy atom. The molecular weight excluding hydrogens is 287 g/mol. The lowest BCUT2D eigenvalue weighted by atomic mass is 10.1. The molecule has 0 N–H and O–H groups in total. The minimum absolute atomic E-state index is 0.224. The van der Waals surface area contributed by atoms with Crippen LogP contribution < -0.4 is 9.47 Å². The van der Waals surface area contributed by atoms with Gasteiger partial charge in [0.25, 0.3) is 0 Å². The average Bonchev–Trinajstić information content (AvgIpc) is 2.31. The van der Waals surface area contributed by atoms with E-state index in [-0.39, 0.29) is 5.82 Å². The van der Waals surface area contributed by atoms with E-state index in [1.165, 1.54) is 6.07 Å². The summed E-state index contributed by atoms with van der Waals surface area (Å²) in [5, 5.41) is 0.865. The lowest BCUT2D eigenvalue weighted by Gasteiger charge is -2.13. The largest absolute Gasteiger partial charge is 0.490 e. The molecule has 0 atom stereocenters. The maximum absolute atomic E-state index is 13.8. The second-order valence-corrected chi connectivity index (χ2v) is 4.34. The van der Waals surface area contributed by atoms with Crippen molar-refractivity contribution in [2.75, 3.05) is 18.5 Å². The Labute approximate surface area is 110 Å². The first-order valence-corrected chi connectivity index (χ1v) is 6.99. The topological polar surface area (TPSA) is 18.5 Å². The van der Waals surface area contributed by atoms with Gasteiger partial charge in [0.2, 0.25) is 0 Å². The van der Waals surface area contributed by atoms with E-state index >= 15 is 0 Å². The molecule has 0 aliphatic rings. The van der Waals surface area contributed by atoms with E-state index in [0.29, 0.717) is 36.7 Å². The fraction of sp³-hybridized carbons (Fsp3) is 0.538. The zero-order valence-corrected chi connectivity index (χ0v) is 11.8. The molecule has 1 aromatic carbocycles. The fourth-order valence-corrected chi connectivity index (χ4v) is 1.84. The van der Waals surface area contributed by atoms with Crippen LogP contribution in [0, 0.1) is 5.82 Å². The maximum Gasteiger partial charge on any atom is 0.164 e. The van der Waals surface area contributed by atoms with Crippen molar-refractivity contribution in [2.24, 2.45) is 0 Å². The summed E-state index contributed by atoms with van der Waals surface area (Å²) >= 11 is 3.34. The van der Waals surface area contributed by atoms with E-state index in [4.69, 9.17) is 9.47 Å². The minimum Gasteiger partial charge on any atom is -0.490 e. The zero-order chi connectivity index (χ0) is 12.7. The number of rotatable bonds is 7. The van der Waals surface area contributed by atoms with Gasteiger partial charge in [-0.05, 0) is 38.3 Å². The molecule has 0 aromatic heterocycles. The van der Waals surface area contributed by atoms with Gasteiger partial charge in [-0.15, -0.1) is 0 Å². The van der Waals surface area contributed by atoms with E-state index < -0.39 is 0 Å². The van der Waals surface area contributed by atoms with Crippen LogP contribution in [-0.2, 0) is 6.42 Å². The van der Waals surface area contributed by atoms with Gasteiger partial charge in [-0.1, -0.05) is 15.9 Å². The molecule has 0 amide bonds. The lowest BCUT2D eigenvalue weighted by Crippen LogP contribution is -2.01. The Morgan fingerprint density at radius 3 is 2.24 bits per heavy atom. The molecule has 1 aromatic rings. The zero-order valence-electron chi connectivity index (χ0n) is 10.3. The van der Waals surface area contributed by atoms with Crippen LogP contribution in [0.4, 0.5) is 4.39 Å². The predicted molar refractivity (Wildman–Crippen MR) is 70.9 cm³/mol. The van der Waals surface area contributed by atoms with Crippen molar-refractivity contribution in [2.45, 2.75) is 26.7 Å². The summed E-state index contributed by atoms with van der Waals surface area (Å²) in [6.07, 6.45) is 1.60. The van der Waals surface area contributed by atoms with Crippen molar-refractivity contribution in [1.29, 1.82) is 0 Å². The Balaban J connectivity index is 2.96. The molecular formula is C13H18BrFO2. The monoisotopic (exact) mass is 304 g/mol. The van der Waals surface area contributed by atoms with Crippen LogP contribution in [0.2, 0.25) is 0 Å². The van der Waals surface area contributed by atoms with Crippen molar-refractivity contribution < 1.29 is 13.9 Å². The van der Waals surface area contributed by atoms with Gasteiger partial charge in [-0.3, -0.25) is 0 Å².